The summed E-state index contributed by atoms with van der Waals surface area (Å²) in [6, 6.07) is 8.27. The fourth-order valence-corrected chi connectivity index (χ4v) is 3.03. The van der Waals surface area contributed by atoms with Crippen molar-refractivity contribution in [2.75, 3.05) is 19.8 Å². The SMILES string of the molecule is Cl.O=C(NCc1ccc(COC2CCOCC2)cc1)C1CCCN1. The van der Waals surface area contributed by atoms with Gasteiger partial charge in [-0.15, -0.1) is 12.4 Å². The smallest absolute Gasteiger partial charge is 0.237 e. The van der Waals surface area contributed by atoms with Gasteiger partial charge < -0.3 is 20.1 Å². The summed E-state index contributed by atoms with van der Waals surface area (Å²) >= 11 is 0. The highest BCUT2D eigenvalue weighted by Gasteiger charge is 2.21. The van der Waals surface area contributed by atoms with Crippen molar-refractivity contribution in [3.05, 3.63) is 35.4 Å². The van der Waals surface area contributed by atoms with Crippen molar-refractivity contribution in [1.82, 2.24) is 10.6 Å². The number of nitrogens with one attached hydrogen (secondary N) is 2. The third-order valence-electron chi connectivity index (χ3n) is 4.52. The lowest BCUT2D eigenvalue weighted by Crippen LogP contribution is -2.39. The lowest BCUT2D eigenvalue weighted by molar-refractivity contribution is -0.122. The highest BCUT2D eigenvalue weighted by atomic mass is 35.5. The van der Waals surface area contributed by atoms with Gasteiger partial charge >= 0.3 is 0 Å². The van der Waals surface area contributed by atoms with Gasteiger partial charge in [-0.3, -0.25) is 4.79 Å². The average Bonchev–Trinajstić information content (AvgIpc) is 3.14. The summed E-state index contributed by atoms with van der Waals surface area (Å²) < 4.78 is 11.2. The molecule has 2 fully saturated rings. The van der Waals surface area contributed by atoms with Crippen LogP contribution in [0.3, 0.4) is 0 Å². The molecule has 24 heavy (non-hydrogen) atoms. The largest absolute Gasteiger partial charge is 0.381 e. The minimum atomic E-state index is -0.0119. The maximum atomic E-state index is 12.0. The van der Waals surface area contributed by atoms with E-state index in [1.807, 2.05) is 0 Å². The Morgan fingerprint density at radius 2 is 1.88 bits per heavy atom. The van der Waals surface area contributed by atoms with E-state index in [0.29, 0.717) is 19.3 Å². The number of carbonyl (C=O) groups excluding carboxylic acids is 1. The molecule has 2 heterocycles. The van der Waals surface area contributed by atoms with Crippen LogP contribution in [0.1, 0.15) is 36.8 Å². The van der Waals surface area contributed by atoms with Crippen molar-refractivity contribution in [2.45, 2.75) is 51.0 Å². The molecule has 3 rings (SSSR count). The lowest BCUT2D eigenvalue weighted by Gasteiger charge is -2.22. The Bertz CT molecular complexity index is 497. The molecule has 0 radical (unpaired) electrons. The summed E-state index contributed by atoms with van der Waals surface area (Å²) in [5.41, 5.74) is 2.29. The molecule has 2 saturated heterocycles. The van der Waals surface area contributed by atoms with Crippen LogP contribution < -0.4 is 10.6 Å². The van der Waals surface area contributed by atoms with Crippen LogP contribution in [0.15, 0.2) is 24.3 Å². The predicted molar refractivity (Wildman–Crippen MR) is 95.2 cm³/mol. The average molecular weight is 355 g/mol. The van der Waals surface area contributed by atoms with Crippen molar-refractivity contribution in [1.29, 1.82) is 0 Å². The molecule has 1 aromatic carbocycles. The van der Waals surface area contributed by atoms with Crippen LogP contribution in [-0.4, -0.2) is 37.8 Å². The van der Waals surface area contributed by atoms with Crippen molar-refractivity contribution >= 4 is 18.3 Å². The van der Waals surface area contributed by atoms with E-state index in [1.165, 1.54) is 5.56 Å². The molecule has 5 nitrogen and oxygen atoms in total. The van der Waals surface area contributed by atoms with Gasteiger partial charge in [0.2, 0.25) is 5.91 Å². The fourth-order valence-electron chi connectivity index (χ4n) is 3.03. The highest BCUT2D eigenvalue weighted by Crippen LogP contribution is 2.14. The van der Waals surface area contributed by atoms with E-state index in [1.54, 1.807) is 0 Å². The molecule has 0 aliphatic carbocycles. The molecule has 1 unspecified atom stereocenters. The number of hydrogen-bond donors (Lipinski definition) is 2. The van der Waals surface area contributed by atoms with Gasteiger partial charge in [-0.05, 0) is 43.4 Å². The maximum absolute atomic E-state index is 12.0. The van der Waals surface area contributed by atoms with Gasteiger partial charge in [-0.2, -0.15) is 0 Å². The van der Waals surface area contributed by atoms with E-state index in [0.717, 1.165) is 51.0 Å². The summed E-state index contributed by atoms with van der Waals surface area (Å²) in [5.74, 6) is 0.106. The van der Waals surface area contributed by atoms with Gasteiger partial charge in [0.15, 0.2) is 0 Å². The first-order chi connectivity index (χ1) is 11.3. The second-order valence-corrected chi connectivity index (χ2v) is 6.31. The fraction of sp³-hybridized carbons (Fsp3) is 0.611. The van der Waals surface area contributed by atoms with Crippen LogP contribution in [0.2, 0.25) is 0 Å². The molecule has 0 aromatic heterocycles. The van der Waals surface area contributed by atoms with E-state index in [2.05, 4.69) is 34.9 Å². The van der Waals surface area contributed by atoms with Crippen LogP contribution in [0.5, 0.6) is 0 Å². The number of halogens is 1. The van der Waals surface area contributed by atoms with Gasteiger partial charge in [0.05, 0.1) is 18.8 Å². The quantitative estimate of drug-likeness (QED) is 0.822. The van der Waals surface area contributed by atoms with Gasteiger partial charge in [-0.1, -0.05) is 24.3 Å². The molecule has 1 amide bonds. The number of ether oxygens (including phenoxy) is 2. The second-order valence-electron chi connectivity index (χ2n) is 6.31. The highest BCUT2D eigenvalue weighted by molar-refractivity contribution is 5.85. The molecule has 0 spiro atoms. The van der Waals surface area contributed by atoms with Gasteiger partial charge in [-0.25, -0.2) is 0 Å². The lowest BCUT2D eigenvalue weighted by atomic mass is 10.1. The molecule has 134 valence electrons. The summed E-state index contributed by atoms with van der Waals surface area (Å²) in [7, 11) is 0. The van der Waals surface area contributed by atoms with Crippen LogP contribution >= 0.6 is 12.4 Å². The predicted octanol–water partition coefficient (Wildman–Crippen LogP) is 2.17. The van der Waals surface area contributed by atoms with Crippen LogP contribution in [-0.2, 0) is 27.4 Å². The molecule has 0 bridgehead atoms. The molecular weight excluding hydrogens is 328 g/mol. The molecule has 6 heteroatoms. The Labute approximate surface area is 149 Å². The summed E-state index contributed by atoms with van der Waals surface area (Å²) in [6.45, 7) is 3.78. The van der Waals surface area contributed by atoms with E-state index in [-0.39, 0.29) is 24.4 Å². The first-order valence-corrected chi connectivity index (χ1v) is 8.59. The van der Waals surface area contributed by atoms with E-state index < -0.39 is 0 Å². The number of amides is 1. The molecule has 0 saturated carbocycles. The molecular formula is C18H27ClN2O3. The molecule has 2 N–H and O–H groups in total. The maximum Gasteiger partial charge on any atom is 0.237 e. The number of carbonyl (C=O) groups is 1. The van der Waals surface area contributed by atoms with Gasteiger partial charge in [0, 0.05) is 19.8 Å². The van der Waals surface area contributed by atoms with Crippen LogP contribution in [0.4, 0.5) is 0 Å². The van der Waals surface area contributed by atoms with Crippen molar-refractivity contribution in [3.8, 4) is 0 Å². The zero-order chi connectivity index (χ0) is 15.9. The molecule has 1 aromatic rings. The number of hydrogen-bond acceptors (Lipinski definition) is 4. The third-order valence-corrected chi connectivity index (χ3v) is 4.52. The standard InChI is InChI=1S/C18H26N2O3.ClH/c21-18(17-2-1-9-19-17)20-12-14-3-5-15(6-4-14)13-23-16-7-10-22-11-8-16;/h3-6,16-17,19H,1-2,7-13H2,(H,20,21);1H. The molecule has 2 aliphatic heterocycles. The van der Waals surface area contributed by atoms with Gasteiger partial charge in [0.1, 0.15) is 0 Å². The summed E-state index contributed by atoms with van der Waals surface area (Å²) in [5, 5.41) is 6.21. The topological polar surface area (TPSA) is 59.6 Å². The zero-order valence-electron chi connectivity index (χ0n) is 14.0. The van der Waals surface area contributed by atoms with Crippen LogP contribution in [0, 0.1) is 0 Å². The first kappa shape index (κ1) is 19.2. The van der Waals surface area contributed by atoms with Crippen molar-refractivity contribution < 1.29 is 14.3 Å². The summed E-state index contributed by atoms with van der Waals surface area (Å²) in [4.78, 5) is 12.0. The second kappa shape index (κ2) is 9.99. The number of rotatable bonds is 6. The number of benzene rings is 1. The summed E-state index contributed by atoms with van der Waals surface area (Å²) in [6.07, 6.45) is 4.31. The minimum Gasteiger partial charge on any atom is -0.381 e. The molecule has 2 aliphatic rings. The van der Waals surface area contributed by atoms with Crippen molar-refractivity contribution in [3.63, 3.8) is 0 Å². The Balaban J connectivity index is 0.00000208. The van der Waals surface area contributed by atoms with Gasteiger partial charge in [0.25, 0.3) is 0 Å². The zero-order valence-corrected chi connectivity index (χ0v) is 14.8. The normalized spacial score (nSPS) is 21.2. The minimum absolute atomic E-state index is 0. The third kappa shape index (κ3) is 5.74. The molecule has 1 atom stereocenters. The monoisotopic (exact) mass is 354 g/mol. The first-order valence-electron chi connectivity index (χ1n) is 8.59. The Hall–Kier alpha value is -1.14. The Morgan fingerprint density at radius 3 is 2.54 bits per heavy atom. The Morgan fingerprint density at radius 1 is 1.17 bits per heavy atom. The van der Waals surface area contributed by atoms with Crippen LogP contribution in [0.25, 0.3) is 0 Å². The van der Waals surface area contributed by atoms with E-state index in [4.69, 9.17) is 9.47 Å². The van der Waals surface area contributed by atoms with E-state index in [9.17, 15) is 4.79 Å². The van der Waals surface area contributed by atoms with E-state index >= 15 is 0 Å². The Kier molecular flexibility index (Phi) is 7.99. The van der Waals surface area contributed by atoms with Crippen molar-refractivity contribution in [2.24, 2.45) is 0 Å².